The Morgan fingerprint density at radius 3 is 2.15 bits per heavy atom. The number of hydrogen-bond donors (Lipinski definition) is 1. The van der Waals surface area contributed by atoms with Crippen LogP contribution in [0.3, 0.4) is 0 Å². The van der Waals surface area contributed by atoms with Gasteiger partial charge in [-0.05, 0) is 54.6 Å². The van der Waals surface area contributed by atoms with Gasteiger partial charge in [-0.3, -0.25) is 4.79 Å². The van der Waals surface area contributed by atoms with Gasteiger partial charge in [0.15, 0.2) is 5.16 Å². The molecule has 1 saturated heterocycles. The van der Waals surface area contributed by atoms with Gasteiger partial charge in [0.25, 0.3) is 0 Å². The van der Waals surface area contributed by atoms with Gasteiger partial charge < -0.3 is 24.6 Å². The van der Waals surface area contributed by atoms with Gasteiger partial charge in [0.1, 0.15) is 17.3 Å². The van der Waals surface area contributed by atoms with Crippen LogP contribution in [0, 0.1) is 0 Å². The van der Waals surface area contributed by atoms with Gasteiger partial charge in [-0.25, -0.2) is 9.97 Å². The van der Waals surface area contributed by atoms with Crippen LogP contribution in [0.2, 0.25) is 0 Å². The molecule has 172 valence electrons. The number of benzene rings is 2. The predicted molar refractivity (Wildman–Crippen MR) is 132 cm³/mol. The fourth-order valence-electron chi connectivity index (χ4n) is 3.57. The second-order valence-electron chi connectivity index (χ2n) is 7.43. The minimum absolute atomic E-state index is 0.104. The molecule has 1 aliphatic rings. The molecule has 2 aromatic carbocycles. The van der Waals surface area contributed by atoms with Gasteiger partial charge in [0, 0.05) is 43.8 Å². The molecule has 3 aromatic rings. The number of hydrogen-bond acceptors (Lipinski definition) is 8. The van der Waals surface area contributed by atoms with E-state index in [1.165, 1.54) is 17.4 Å². The van der Waals surface area contributed by atoms with Crippen molar-refractivity contribution in [2.45, 2.75) is 5.16 Å². The molecule has 0 saturated carbocycles. The van der Waals surface area contributed by atoms with E-state index in [1.54, 1.807) is 20.4 Å². The van der Waals surface area contributed by atoms with E-state index >= 15 is 0 Å². The molecule has 2 heterocycles. The van der Waals surface area contributed by atoms with Crippen LogP contribution in [-0.4, -0.2) is 62.0 Å². The monoisotopic (exact) mass is 465 g/mol. The Kier molecular flexibility index (Phi) is 7.51. The molecule has 0 unspecified atom stereocenters. The number of carbonyl (C=O) groups excluding carboxylic acids is 1. The van der Waals surface area contributed by atoms with E-state index in [9.17, 15) is 4.79 Å². The summed E-state index contributed by atoms with van der Waals surface area (Å²) in [6.07, 6.45) is 1.75. The molecule has 0 bridgehead atoms. The number of anilines is 3. The summed E-state index contributed by atoms with van der Waals surface area (Å²) in [6.45, 7) is 3.54. The molecular formula is C24H27N5O3S. The summed E-state index contributed by atoms with van der Waals surface area (Å²) in [7, 11) is 3.29. The Bertz CT molecular complexity index is 1050. The fraction of sp³-hybridized carbons (Fsp3) is 0.292. The SMILES string of the molecule is COc1ccc(NC(=O)CSc2nccc(N3CCN(c4ccc(OC)cc4)CC3)n2)cc1. The standard InChI is InChI=1S/C24H27N5O3S/c1-31-20-7-3-18(4-8-20)26-23(30)17-33-24-25-12-11-22(27-24)29-15-13-28(14-16-29)19-5-9-21(32-2)10-6-19/h3-12H,13-17H2,1-2H3,(H,26,30). The molecule has 1 fully saturated rings. The average Bonchev–Trinajstić information content (AvgIpc) is 2.88. The quantitative estimate of drug-likeness (QED) is 0.400. The highest BCUT2D eigenvalue weighted by Gasteiger charge is 2.19. The minimum atomic E-state index is -0.104. The van der Waals surface area contributed by atoms with Crippen molar-refractivity contribution in [3.05, 3.63) is 60.8 Å². The van der Waals surface area contributed by atoms with Crippen molar-refractivity contribution in [3.63, 3.8) is 0 Å². The molecular weight excluding hydrogens is 438 g/mol. The van der Waals surface area contributed by atoms with E-state index in [0.717, 1.165) is 49.2 Å². The minimum Gasteiger partial charge on any atom is -0.497 e. The Morgan fingerprint density at radius 2 is 1.52 bits per heavy atom. The second-order valence-corrected chi connectivity index (χ2v) is 8.38. The molecule has 0 spiro atoms. The molecule has 9 heteroatoms. The van der Waals surface area contributed by atoms with Gasteiger partial charge in [-0.15, -0.1) is 0 Å². The summed E-state index contributed by atoms with van der Waals surface area (Å²) in [5.74, 6) is 2.63. The largest absolute Gasteiger partial charge is 0.497 e. The Labute approximate surface area is 197 Å². The van der Waals surface area contributed by atoms with Crippen LogP contribution in [0.5, 0.6) is 11.5 Å². The zero-order valence-corrected chi connectivity index (χ0v) is 19.5. The van der Waals surface area contributed by atoms with E-state index in [-0.39, 0.29) is 11.7 Å². The van der Waals surface area contributed by atoms with Crippen molar-refractivity contribution in [2.75, 3.05) is 61.3 Å². The summed E-state index contributed by atoms with van der Waals surface area (Å²) in [5.41, 5.74) is 1.92. The fourth-order valence-corrected chi connectivity index (χ4v) is 4.19. The number of rotatable bonds is 8. The molecule has 1 amide bonds. The Morgan fingerprint density at radius 1 is 0.909 bits per heavy atom. The first kappa shape index (κ1) is 22.7. The summed E-state index contributed by atoms with van der Waals surface area (Å²) < 4.78 is 10.4. The molecule has 1 aliphatic heterocycles. The second kappa shape index (κ2) is 10.9. The normalized spacial score (nSPS) is 13.5. The van der Waals surface area contributed by atoms with Crippen molar-refractivity contribution in [1.29, 1.82) is 0 Å². The summed E-state index contributed by atoms with van der Waals surface area (Å²) in [5, 5.41) is 3.47. The number of ether oxygens (including phenoxy) is 2. The Balaban J connectivity index is 1.28. The van der Waals surface area contributed by atoms with Crippen LogP contribution < -0.4 is 24.6 Å². The molecule has 1 N–H and O–H groups in total. The van der Waals surface area contributed by atoms with E-state index < -0.39 is 0 Å². The lowest BCUT2D eigenvalue weighted by atomic mass is 10.2. The molecule has 0 radical (unpaired) electrons. The highest BCUT2D eigenvalue weighted by Crippen LogP contribution is 2.23. The smallest absolute Gasteiger partial charge is 0.234 e. The number of carbonyl (C=O) groups is 1. The van der Waals surface area contributed by atoms with Crippen molar-refractivity contribution >= 4 is 34.9 Å². The topological polar surface area (TPSA) is 79.8 Å². The van der Waals surface area contributed by atoms with Crippen molar-refractivity contribution in [1.82, 2.24) is 9.97 Å². The van der Waals surface area contributed by atoms with Crippen LogP contribution in [0.4, 0.5) is 17.2 Å². The summed E-state index contributed by atoms with van der Waals surface area (Å²) in [4.78, 5) is 25.9. The number of piperazine rings is 1. The summed E-state index contributed by atoms with van der Waals surface area (Å²) >= 11 is 1.33. The van der Waals surface area contributed by atoms with Crippen LogP contribution in [0.25, 0.3) is 0 Å². The third kappa shape index (κ3) is 6.07. The van der Waals surface area contributed by atoms with Crippen LogP contribution >= 0.6 is 11.8 Å². The number of thioether (sulfide) groups is 1. The van der Waals surface area contributed by atoms with Crippen LogP contribution in [0.1, 0.15) is 0 Å². The average molecular weight is 466 g/mol. The maximum absolute atomic E-state index is 12.3. The Hall–Kier alpha value is -3.46. The third-order valence-electron chi connectivity index (χ3n) is 5.37. The summed E-state index contributed by atoms with van der Waals surface area (Å²) in [6, 6.07) is 17.3. The third-order valence-corrected chi connectivity index (χ3v) is 6.23. The van der Waals surface area contributed by atoms with Gasteiger partial charge in [-0.1, -0.05) is 11.8 Å². The first-order chi connectivity index (χ1) is 16.1. The van der Waals surface area contributed by atoms with Gasteiger partial charge >= 0.3 is 0 Å². The number of aromatic nitrogens is 2. The van der Waals surface area contributed by atoms with Crippen molar-refractivity contribution in [3.8, 4) is 11.5 Å². The molecule has 4 rings (SSSR count). The number of nitrogens with zero attached hydrogens (tertiary/aromatic N) is 4. The number of methoxy groups -OCH3 is 2. The zero-order valence-electron chi connectivity index (χ0n) is 18.7. The maximum atomic E-state index is 12.3. The van der Waals surface area contributed by atoms with Gasteiger partial charge in [-0.2, -0.15) is 0 Å². The van der Waals surface area contributed by atoms with E-state index in [0.29, 0.717) is 5.16 Å². The van der Waals surface area contributed by atoms with Crippen LogP contribution in [-0.2, 0) is 4.79 Å². The highest BCUT2D eigenvalue weighted by molar-refractivity contribution is 7.99. The lowest BCUT2D eigenvalue weighted by Gasteiger charge is -2.36. The zero-order chi connectivity index (χ0) is 23.0. The van der Waals surface area contributed by atoms with E-state index in [2.05, 4.69) is 37.2 Å². The molecule has 0 atom stereocenters. The predicted octanol–water partition coefficient (Wildman–Crippen LogP) is 3.55. The van der Waals surface area contributed by atoms with Crippen molar-refractivity contribution < 1.29 is 14.3 Å². The lowest BCUT2D eigenvalue weighted by molar-refractivity contribution is -0.113. The number of amides is 1. The van der Waals surface area contributed by atoms with E-state index in [1.807, 2.05) is 42.5 Å². The van der Waals surface area contributed by atoms with Gasteiger partial charge in [0.2, 0.25) is 5.91 Å². The first-order valence-corrected chi connectivity index (χ1v) is 11.7. The van der Waals surface area contributed by atoms with Crippen molar-refractivity contribution in [2.24, 2.45) is 0 Å². The molecule has 8 nitrogen and oxygen atoms in total. The maximum Gasteiger partial charge on any atom is 0.234 e. The molecule has 33 heavy (non-hydrogen) atoms. The molecule has 0 aliphatic carbocycles. The number of nitrogens with one attached hydrogen (secondary N) is 1. The highest BCUT2D eigenvalue weighted by atomic mass is 32.2. The van der Waals surface area contributed by atoms with Crippen LogP contribution in [0.15, 0.2) is 66.0 Å². The first-order valence-electron chi connectivity index (χ1n) is 10.7. The van der Waals surface area contributed by atoms with E-state index in [4.69, 9.17) is 9.47 Å². The van der Waals surface area contributed by atoms with Gasteiger partial charge in [0.05, 0.1) is 20.0 Å². The molecule has 1 aromatic heterocycles. The lowest BCUT2D eigenvalue weighted by Crippen LogP contribution is -2.46.